The van der Waals surface area contributed by atoms with Gasteiger partial charge in [-0.15, -0.1) is 22.7 Å². The van der Waals surface area contributed by atoms with Crippen LogP contribution in [-0.4, -0.2) is 30.6 Å². The Morgan fingerprint density at radius 2 is 2.00 bits per heavy atom. The predicted molar refractivity (Wildman–Crippen MR) is 121 cm³/mol. The molecule has 0 unspecified atom stereocenters. The molecule has 0 aliphatic heterocycles. The molecule has 164 valence electrons. The molecule has 0 radical (unpaired) electrons. The van der Waals surface area contributed by atoms with Gasteiger partial charge in [-0.25, -0.2) is 19.0 Å². The van der Waals surface area contributed by atoms with Crippen LogP contribution in [0.4, 0.5) is 9.39 Å². The van der Waals surface area contributed by atoms with Crippen molar-refractivity contribution in [3.63, 3.8) is 0 Å². The number of allylic oxidation sites excluding steroid dienone is 1. The van der Waals surface area contributed by atoms with Gasteiger partial charge in [0.25, 0.3) is 0 Å². The molecule has 10 heteroatoms. The van der Waals surface area contributed by atoms with Crippen molar-refractivity contribution >= 4 is 45.2 Å². The number of hydrogen-bond donors (Lipinski definition) is 1. The fourth-order valence-corrected chi connectivity index (χ4v) is 4.66. The summed E-state index contributed by atoms with van der Waals surface area (Å²) in [5.41, 5.74) is 2.20. The quantitative estimate of drug-likeness (QED) is 0.370. The number of nitrogens with one attached hydrogen (secondary N) is 1. The molecule has 7 nitrogen and oxygen atoms in total. The average molecular weight is 472 g/mol. The van der Waals surface area contributed by atoms with Crippen LogP contribution >= 0.6 is 22.7 Å². The smallest absolute Gasteiger partial charge is 0.348 e. The van der Waals surface area contributed by atoms with Gasteiger partial charge in [-0.3, -0.25) is 0 Å². The van der Waals surface area contributed by atoms with E-state index in [9.17, 15) is 19.2 Å². The average Bonchev–Trinajstić information content (AvgIpc) is 3.39. The van der Waals surface area contributed by atoms with E-state index in [0.29, 0.717) is 21.3 Å². The van der Waals surface area contributed by atoms with Crippen LogP contribution in [0.5, 0.6) is 0 Å². The summed E-state index contributed by atoms with van der Waals surface area (Å²) in [5.74, 6) is -1.50. The van der Waals surface area contributed by atoms with E-state index in [1.54, 1.807) is 31.4 Å². The molecule has 2 heterocycles. The summed E-state index contributed by atoms with van der Waals surface area (Å²) >= 11 is 2.28. The highest BCUT2D eigenvalue weighted by atomic mass is 32.1. The molecule has 0 bridgehead atoms. The number of anilines is 1. The zero-order valence-electron chi connectivity index (χ0n) is 17.4. The van der Waals surface area contributed by atoms with Crippen LogP contribution in [-0.2, 0) is 9.47 Å². The maximum atomic E-state index is 13.2. The van der Waals surface area contributed by atoms with Gasteiger partial charge in [0.1, 0.15) is 32.3 Å². The Bertz CT molecular complexity index is 1220. The molecular formula is C22H18FN3O4S2. The summed E-state index contributed by atoms with van der Waals surface area (Å²) in [4.78, 5) is 29.2. The number of aromatic nitrogens is 1. The second-order valence-electron chi connectivity index (χ2n) is 6.33. The van der Waals surface area contributed by atoms with Gasteiger partial charge in [0.2, 0.25) is 0 Å². The van der Waals surface area contributed by atoms with Crippen molar-refractivity contribution in [2.24, 2.45) is 0 Å². The number of nitrogens with zero attached hydrogens (tertiary/aromatic N) is 2. The number of methoxy groups -OCH3 is 1. The van der Waals surface area contributed by atoms with Crippen molar-refractivity contribution in [2.75, 3.05) is 19.0 Å². The summed E-state index contributed by atoms with van der Waals surface area (Å²) in [6.45, 7) is 3.49. The molecule has 1 N–H and O–H groups in total. The van der Waals surface area contributed by atoms with Crippen LogP contribution in [0.15, 0.2) is 35.8 Å². The van der Waals surface area contributed by atoms with Crippen LogP contribution < -0.4 is 5.32 Å². The number of benzene rings is 1. The summed E-state index contributed by atoms with van der Waals surface area (Å²) in [6.07, 6.45) is 1.42. The molecule has 3 rings (SSSR count). The van der Waals surface area contributed by atoms with Gasteiger partial charge in [-0.05, 0) is 43.7 Å². The molecule has 0 saturated carbocycles. The van der Waals surface area contributed by atoms with E-state index in [1.165, 1.54) is 36.8 Å². The second-order valence-corrected chi connectivity index (χ2v) is 8.21. The van der Waals surface area contributed by atoms with Crippen LogP contribution in [0.3, 0.4) is 0 Å². The van der Waals surface area contributed by atoms with E-state index in [1.807, 2.05) is 0 Å². The van der Waals surface area contributed by atoms with Gasteiger partial charge in [0, 0.05) is 17.1 Å². The van der Waals surface area contributed by atoms with E-state index < -0.39 is 11.9 Å². The zero-order valence-corrected chi connectivity index (χ0v) is 19.0. The number of ether oxygens (including phenoxy) is 2. The normalized spacial score (nSPS) is 11.0. The maximum Gasteiger partial charge on any atom is 0.348 e. The van der Waals surface area contributed by atoms with Gasteiger partial charge in [-0.1, -0.05) is 0 Å². The first kappa shape index (κ1) is 23.1. The molecule has 1 aromatic carbocycles. The number of halogens is 1. The Kier molecular flexibility index (Phi) is 7.35. The van der Waals surface area contributed by atoms with Gasteiger partial charge in [0.05, 0.1) is 25.0 Å². The van der Waals surface area contributed by atoms with Crippen LogP contribution in [0.2, 0.25) is 0 Å². The van der Waals surface area contributed by atoms with Gasteiger partial charge in [0.15, 0.2) is 0 Å². The van der Waals surface area contributed by atoms with Crippen molar-refractivity contribution in [1.29, 1.82) is 5.26 Å². The lowest BCUT2D eigenvalue weighted by molar-refractivity contribution is 0.0527. The zero-order chi connectivity index (χ0) is 23.3. The highest BCUT2D eigenvalue weighted by molar-refractivity contribution is 7.18. The third-order valence-electron chi connectivity index (χ3n) is 4.34. The first-order chi connectivity index (χ1) is 15.4. The Labute approximate surface area is 191 Å². The fourth-order valence-electron chi connectivity index (χ4n) is 2.78. The topological polar surface area (TPSA) is 101 Å². The predicted octanol–water partition coefficient (Wildman–Crippen LogP) is 5.26. The lowest BCUT2D eigenvalue weighted by Gasteiger charge is -2.05. The monoisotopic (exact) mass is 471 g/mol. The summed E-state index contributed by atoms with van der Waals surface area (Å²) in [5, 5.41) is 15.1. The molecule has 2 aromatic heterocycles. The number of rotatable bonds is 7. The Morgan fingerprint density at radius 1 is 1.28 bits per heavy atom. The maximum absolute atomic E-state index is 13.2. The molecule has 3 aromatic rings. The molecule has 0 atom stereocenters. The summed E-state index contributed by atoms with van der Waals surface area (Å²) < 4.78 is 23.0. The Hall–Kier alpha value is -3.55. The Morgan fingerprint density at radius 3 is 2.62 bits per heavy atom. The largest absolute Gasteiger partial charge is 0.465 e. The van der Waals surface area contributed by atoms with E-state index in [0.717, 1.165) is 16.9 Å². The third kappa shape index (κ3) is 4.85. The van der Waals surface area contributed by atoms with Crippen LogP contribution in [0.25, 0.3) is 16.8 Å². The lowest BCUT2D eigenvalue weighted by Crippen LogP contribution is -2.08. The summed E-state index contributed by atoms with van der Waals surface area (Å²) in [6, 6.07) is 7.97. The number of nitriles is 1. The molecule has 0 aliphatic rings. The number of thiophene rings is 1. The standard InChI is InChI=1S/C22H18FN3O4S2/c1-4-30-21(27)17-12(2)18(22(28)29-3)32-20(17)25-10-14(9-24)19-26-16(11-31-19)13-5-7-15(23)8-6-13/h5-8,10-11,25H,4H2,1-3H3/b14-10-. The number of esters is 2. The minimum Gasteiger partial charge on any atom is -0.465 e. The molecule has 0 spiro atoms. The van der Waals surface area contributed by atoms with Crippen molar-refractivity contribution in [3.8, 4) is 17.3 Å². The Balaban J connectivity index is 1.93. The lowest BCUT2D eigenvalue weighted by atomic mass is 10.1. The number of carbonyl (C=O) groups excluding carboxylic acids is 2. The minimum absolute atomic E-state index is 0.172. The first-order valence-electron chi connectivity index (χ1n) is 9.37. The van der Waals surface area contributed by atoms with Crippen molar-refractivity contribution in [2.45, 2.75) is 13.8 Å². The van der Waals surface area contributed by atoms with Gasteiger partial charge < -0.3 is 14.8 Å². The van der Waals surface area contributed by atoms with E-state index in [4.69, 9.17) is 9.47 Å². The number of hydrogen-bond acceptors (Lipinski definition) is 9. The van der Waals surface area contributed by atoms with Gasteiger partial charge in [-0.2, -0.15) is 5.26 Å². The van der Waals surface area contributed by atoms with E-state index in [-0.39, 0.29) is 28.4 Å². The molecular weight excluding hydrogens is 453 g/mol. The third-order valence-corrected chi connectivity index (χ3v) is 6.42. The van der Waals surface area contributed by atoms with Gasteiger partial charge >= 0.3 is 11.9 Å². The molecule has 0 amide bonds. The van der Waals surface area contributed by atoms with Crippen LogP contribution in [0.1, 0.15) is 37.5 Å². The number of thiazole rings is 1. The van der Waals surface area contributed by atoms with Crippen molar-refractivity contribution in [1.82, 2.24) is 4.98 Å². The number of carbonyl (C=O) groups is 2. The first-order valence-corrected chi connectivity index (χ1v) is 11.1. The van der Waals surface area contributed by atoms with Crippen LogP contribution in [0, 0.1) is 24.1 Å². The fraction of sp³-hybridized carbons (Fsp3) is 0.182. The molecule has 32 heavy (non-hydrogen) atoms. The van der Waals surface area contributed by atoms with Crippen molar-refractivity contribution < 1.29 is 23.5 Å². The van der Waals surface area contributed by atoms with E-state index in [2.05, 4.69) is 16.4 Å². The SMILES string of the molecule is CCOC(=O)c1c(N/C=C(/C#N)c2nc(-c3ccc(F)cc3)cs2)sc(C(=O)OC)c1C. The molecule has 0 saturated heterocycles. The highest BCUT2D eigenvalue weighted by Gasteiger charge is 2.26. The molecule has 0 aliphatic carbocycles. The second kappa shape index (κ2) is 10.2. The minimum atomic E-state index is -0.585. The van der Waals surface area contributed by atoms with Crippen molar-refractivity contribution in [3.05, 3.63) is 62.7 Å². The highest BCUT2D eigenvalue weighted by Crippen LogP contribution is 2.35. The summed E-state index contributed by atoms with van der Waals surface area (Å²) in [7, 11) is 1.26. The molecule has 0 fully saturated rings. The van der Waals surface area contributed by atoms with E-state index >= 15 is 0 Å².